The van der Waals surface area contributed by atoms with Gasteiger partial charge in [0.2, 0.25) is 0 Å². The molecule has 7 heteroatoms. The van der Waals surface area contributed by atoms with Gasteiger partial charge < -0.3 is 15.4 Å². The molecule has 0 radical (unpaired) electrons. The highest BCUT2D eigenvalue weighted by molar-refractivity contribution is 5.74. The predicted octanol–water partition coefficient (Wildman–Crippen LogP) is 1.75. The number of hydrogen-bond donors (Lipinski definition) is 2. The molecule has 7 nitrogen and oxygen atoms in total. The number of amides is 2. The number of rotatable bonds is 6. The molecular formula is C15H25N5O2. The van der Waals surface area contributed by atoms with E-state index >= 15 is 0 Å². The molecule has 0 saturated heterocycles. The Hall–Kier alpha value is -1.63. The van der Waals surface area contributed by atoms with E-state index in [0.29, 0.717) is 12.4 Å². The molecule has 2 heterocycles. The molecular weight excluding hydrogens is 282 g/mol. The molecule has 1 fully saturated rings. The maximum atomic E-state index is 12.0. The number of nitrogens with one attached hydrogen (secondary N) is 2. The highest BCUT2D eigenvalue weighted by Gasteiger charge is 2.25. The number of hydrogen-bond acceptors (Lipinski definition) is 4. The van der Waals surface area contributed by atoms with Crippen molar-refractivity contribution in [3.63, 3.8) is 0 Å². The molecule has 1 aromatic heterocycles. The molecule has 22 heavy (non-hydrogen) atoms. The Balaban J connectivity index is 1.50. The monoisotopic (exact) mass is 307 g/mol. The lowest BCUT2D eigenvalue weighted by atomic mass is 9.83. The van der Waals surface area contributed by atoms with Crippen LogP contribution in [0.1, 0.15) is 56.2 Å². The molecule has 1 aliphatic carbocycles. The van der Waals surface area contributed by atoms with Gasteiger partial charge >= 0.3 is 6.03 Å². The van der Waals surface area contributed by atoms with E-state index in [1.807, 2.05) is 4.68 Å². The van der Waals surface area contributed by atoms with Crippen LogP contribution in [-0.2, 0) is 17.9 Å². The Kier molecular flexibility index (Phi) is 4.92. The van der Waals surface area contributed by atoms with Gasteiger partial charge in [0.1, 0.15) is 12.4 Å². The molecule has 3 rings (SSSR count). The first kappa shape index (κ1) is 15.3. The van der Waals surface area contributed by atoms with Crippen LogP contribution in [-0.4, -0.2) is 34.5 Å². The van der Waals surface area contributed by atoms with Crippen LogP contribution in [0, 0.1) is 5.92 Å². The Labute approximate surface area is 130 Å². The first-order valence-corrected chi connectivity index (χ1v) is 8.23. The average Bonchev–Trinajstić information content (AvgIpc) is 2.86. The number of carbonyl (C=O) groups excluding carboxylic acids is 1. The van der Waals surface area contributed by atoms with Crippen molar-refractivity contribution >= 4 is 6.03 Å². The van der Waals surface area contributed by atoms with Crippen molar-refractivity contribution in [1.82, 2.24) is 25.4 Å². The van der Waals surface area contributed by atoms with Crippen LogP contribution in [0.25, 0.3) is 0 Å². The molecule has 2 N–H and O–H groups in total. The number of methoxy groups -OCH3 is 1. The molecule has 0 aromatic carbocycles. The van der Waals surface area contributed by atoms with Crippen LogP contribution in [0.5, 0.6) is 0 Å². The van der Waals surface area contributed by atoms with E-state index in [0.717, 1.165) is 44.1 Å². The number of ether oxygens (including phenoxy) is 1. The van der Waals surface area contributed by atoms with E-state index in [9.17, 15) is 4.79 Å². The highest BCUT2D eigenvalue weighted by Crippen LogP contribution is 2.28. The van der Waals surface area contributed by atoms with Crippen molar-refractivity contribution in [2.24, 2.45) is 5.92 Å². The summed E-state index contributed by atoms with van der Waals surface area (Å²) in [4.78, 5) is 16.5. The second-order valence-corrected chi connectivity index (χ2v) is 6.22. The summed E-state index contributed by atoms with van der Waals surface area (Å²) in [5.41, 5.74) is 0. The van der Waals surface area contributed by atoms with Gasteiger partial charge in [-0.25, -0.2) is 14.5 Å². The number of fused-ring (bicyclic) bond motifs is 1. The Morgan fingerprint density at radius 3 is 2.95 bits per heavy atom. The van der Waals surface area contributed by atoms with Crippen molar-refractivity contribution in [3.8, 4) is 0 Å². The lowest BCUT2D eigenvalue weighted by Gasteiger charge is -2.26. The Morgan fingerprint density at radius 1 is 1.36 bits per heavy atom. The summed E-state index contributed by atoms with van der Waals surface area (Å²) in [6.07, 6.45) is 6.97. The van der Waals surface area contributed by atoms with Crippen LogP contribution in [0.4, 0.5) is 4.79 Å². The van der Waals surface area contributed by atoms with Gasteiger partial charge in [0.15, 0.2) is 5.82 Å². The van der Waals surface area contributed by atoms with Crippen molar-refractivity contribution in [2.45, 2.75) is 57.7 Å². The number of aromatic nitrogens is 3. The summed E-state index contributed by atoms with van der Waals surface area (Å²) in [5, 5.41) is 10.4. The molecule has 0 spiro atoms. The molecule has 1 aromatic rings. The standard InChI is InChI=1S/C15H25N5O2/c1-22-10-13-18-14-12(6-3-9-20(14)19-13)17-15(21)16-8-7-11-4-2-5-11/h11-12H,2-10H2,1H3,(H2,16,17,21)/t12-/m1/s1. The van der Waals surface area contributed by atoms with Crippen molar-refractivity contribution < 1.29 is 9.53 Å². The zero-order valence-electron chi connectivity index (χ0n) is 13.2. The van der Waals surface area contributed by atoms with Crippen LogP contribution in [0.3, 0.4) is 0 Å². The Bertz CT molecular complexity index is 512. The molecule has 1 atom stereocenters. The quantitative estimate of drug-likeness (QED) is 0.839. The molecule has 2 aliphatic rings. The SMILES string of the molecule is COCc1nc2n(n1)CCC[C@H]2NC(=O)NCCC1CCC1. The maximum Gasteiger partial charge on any atom is 0.315 e. The second kappa shape index (κ2) is 7.09. The molecule has 1 saturated carbocycles. The predicted molar refractivity (Wildman–Crippen MR) is 81.2 cm³/mol. The van der Waals surface area contributed by atoms with Gasteiger partial charge in [-0.15, -0.1) is 0 Å². The summed E-state index contributed by atoms with van der Waals surface area (Å²) >= 11 is 0. The van der Waals surface area contributed by atoms with Gasteiger partial charge in [0.25, 0.3) is 0 Å². The summed E-state index contributed by atoms with van der Waals surface area (Å²) in [6, 6.07) is -0.162. The lowest BCUT2D eigenvalue weighted by Crippen LogP contribution is -2.41. The number of carbonyl (C=O) groups is 1. The zero-order chi connectivity index (χ0) is 15.4. The fourth-order valence-corrected chi connectivity index (χ4v) is 3.11. The minimum Gasteiger partial charge on any atom is -0.377 e. The van der Waals surface area contributed by atoms with E-state index in [2.05, 4.69) is 20.7 Å². The van der Waals surface area contributed by atoms with Crippen LogP contribution in [0.15, 0.2) is 0 Å². The molecule has 0 unspecified atom stereocenters. The van der Waals surface area contributed by atoms with Gasteiger partial charge in [-0.05, 0) is 25.2 Å². The van der Waals surface area contributed by atoms with Crippen molar-refractivity contribution in [3.05, 3.63) is 11.6 Å². The van der Waals surface area contributed by atoms with Crippen LogP contribution >= 0.6 is 0 Å². The number of aryl methyl sites for hydroxylation is 1. The number of urea groups is 1. The van der Waals surface area contributed by atoms with E-state index in [-0.39, 0.29) is 12.1 Å². The molecule has 2 amide bonds. The number of nitrogens with zero attached hydrogens (tertiary/aromatic N) is 3. The first-order valence-electron chi connectivity index (χ1n) is 8.23. The minimum atomic E-state index is -0.103. The first-order chi connectivity index (χ1) is 10.8. The fraction of sp³-hybridized carbons (Fsp3) is 0.800. The van der Waals surface area contributed by atoms with Crippen LogP contribution < -0.4 is 10.6 Å². The Morgan fingerprint density at radius 2 is 2.23 bits per heavy atom. The van der Waals surface area contributed by atoms with E-state index in [4.69, 9.17) is 4.74 Å². The summed E-state index contributed by atoms with van der Waals surface area (Å²) in [7, 11) is 1.63. The fourth-order valence-electron chi connectivity index (χ4n) is 3.11. The average molecular weight is 307 g/mol. The molecule has 122 valence electrons. The summed E-state index contributed by atoms with van der Waals surface area (Å²) in [5.74, 6) is 2.33. The summed E-state index contributed by atoms with van der Waals surface area (Å²) in [6.45, 7) is 2.01. The topological polar surface area (TPSA) is 81.1 Å². The van der Waals surface area contributed by atoms with E-state index in [1.165, 1.54) is 19.3 Å². The highest BCUT2D eigenvalue weighted by atomic mass is 16.5. The largest absolute Gasteiger partial charge is 0.377 e. The zero-order valence-corrected chi connectivity index (χ0v) is 13.2. The third-order valence-electron chi connectivity index (χ3n) is 4.56. The second-order valence-electron chi connectivity index (χ2n) is 6.22. The van der Waals surface area contributed by atoms with Gasteiger partial charge in [-0.1, -0.05) is 19.3 Å². The molecule has 1 aliphatic heterocycles. The summed E-state index contributed by atoms with van der Waals surface area (Å²) < 4.78 is 6.96. The molecule has 0 bridgehead atoms. The minimum absolute atomic E-state index is 0.0597. The third-order valence-corrected chi connectivity index (χ3v) is 4.56. The normalized spacial score (nSPS) is 21.0. The van der Waals surface area contributed by atoms with Gasteiger partial charge in [0.05, 0.1) is 6.04 Å². The smallest absolute Gasteiger partial charge is 0.315 e. The van der Waals surface area contributed by atoms with Crippen molar-refractivity contribution in [2.75, 3.05) is 13.7 Å². The van der Waals surface area contributed by atoms with Gasteiger partial charge in [-0.2, -0.15) is 5.10 Å². The third kappa shape index (κ3) is 3.58. The van der Waals surface area contributed by atoms with E-state index < -0.39 is 0 Å². The van der Waals surface area contributed by atoms with Crippen LogP contribution in [0.2, 0.25) is 0 Å². The van der Waals surface area contributed by atoms with Gasteiger partial charge in [0, 0.05) is 20.2 Å². The van der Waals surface area contributed by atoms with Crippen molar-refractivity contribution in [1.29, 1.82) is 0 Å². The van der Waals surface area contributed by atoms with E-state index in [1.54, 1.807) is 7.11 Å². The van der Waals surface area contributed by atoms with Gasteiger partial charge in [-0.3, -0.25) is 0 Å². The maximum absolute atomic E-state index is 12.0. The lowest BCUT2D eigenvalue weighted by molar-refractivity contribution is 0.177.